The molecular formula is C11H15BrClN3O. The monoisotopic (exact) mass is 319 g/mol. The first-order chi connectivity index (χ1) is 8.15. The average molecular weight is 321 g/mol. The van der Waals surface area contributed by atoms with Crippen LogP contribution in [0.25, 0.3) is 0 Å². The van der Waals surface area contributed by atoms with Crippen molar-refractivity contribution in [1.29, 1.82) is 0 Å². The first-order valence-corrected chi connectivity index (χ1v) is 6.67. The standard InChI is InChI=1S/C11H15BrClN3O/c1-16-2-3-17-9(7-16)6-15-11-10(13)4-8(12)5-14-11/h4-5,9H,2-3,6-7H2,1H3,(H,14,15). The van der Waals surface area contributed by atoms with Gasteiger partial charge in [-0.2, -0.15) is 0 Å². The Morgan fingerprint density at radius 2 is 2.53 bits per heavy atom. The molecular weight excluding hydrogens is 305 g/mol. The third-order valence-electron chi connectivity index (χ3n) is 2.65. The summed E-state index contributed by atoms with van der Waals surface area (Å²) in [6.45, 7) is 3.43. The lowest BCUT2D eigenvalue weighted by Crippen LogP contribution is -2.43. The van der Waals surface area contributed by atoms with Gasteiger partial charge in [0.1, 0.15) is 5.82 Å². The fraction of sp³-hybridized carbons (Fsp3) is 0.545. The molecule has 1 saturated heterocycles. The zero-order valence-corrected chi connectivity index (χ0v) is 12.0. The Labute approximate surface area is 114 Å². The van der Waals surface area contributed by atoms with Crippen molar-refractivity contribution in [3.05, 3.63) is 21.8 Å². The minimum Gasteiger partial charge on any atom is -0.374 e. The van der Waals surface area contributed by atoms with Crippen molar-refractivity contribution in [2.24, 2.45) is 0 Å². The maximum Gasteiger partial charge on any atom is 0.144 e. The number of aromatic nitrogens is 1. The van der Waals surface area contributed by atoms with Crippen LogP contribution in [0.15, 0.2) is 16.7 Å². The molecule has 0 aromatic carbocycles. The molecule has 94 valence electrons. The SMILES string of the molecule is CN1CCOC(CNc2ncc(Br)cc2Cl)C1. The molecule has 1 N–H and O–H groups in total. The van der Waals surface area contributed by atoms with Crippen LogP contribution in [-0.4, -0.2) is 49.3 Å². The number of pyridine rings is 1. The largest absolute Gasteiger partial charge is 0.374 e. The van der Waals surface area contributed by atoms with Crippen LogP contribution in [0.2, 0.25) is 5.02 Å². The van der Waals surface area contributed by atoms with Crippen LogP contribution in [0.4, 0.5) is 5.82 Å². The number of rotatable bonds is 3. The van der Waals surface area contributed by atoms with Crippen molar-refractivity contribution in [3.63, 3.8) is 0 Å². The summed E-state index contributed by atoms with van der Waals surface area (Å²) in [6, 6.07) is 1.82. The van der Waals surface area contributed by atoms with Gasteiger partial charge in [0, 0.05) is 30.3 Å². The van der Waals surface area contributed by atoms with Crippen molar-refractivity contribution in [2.45, 2.75) is 6.10 Å². The number of ether oxygens (including phenoxy) is 1. The van der Waals surface area contributed by atoms with Crippen molar-refractivity contribution in [1.82, 2.24) is 9.88 Å². The van der Waals surface area contributed by atoms with Crippen molar-refractivity contribution >= 4 is 33.3 Å². The van der Waals surface area contributed by atoms with Crippen LogP contribution in [0.1, 0.15) is 0 Å². The predicted octanol–water partition coefficient (Wildman–Crippen LogP) is 2.24. The van der Waals surface area contributed by atoms with Gasteiger partial charge in [0.25, 0.3) is 0 Å². The quantitative estimate of drug-likeness (QED) is 0.927. The highest BCUT2D eigenvalue weighted by atomic mass is 79.9. The molecule has 1 atom stereocenters. The van der Waals surface area contributed by atoms with E-state index in [-0.39, 0.29) is 6.10 Å². The highest BCUT2D eigenvalue weighted by Crippen LogP contribution is 2.22. The van der Waals surface area contributed by atoms with E-state index in [1.807, 2.05) is 6.07 Å². The lowest BCUT2D eigenvalue weighted by atomic mass is 10.3. The van der Waals surface area contributed by atoms with Crippen molar-refractivity contribution in [3.8, 4) is 0 Å². The van der Waals surface area contributed by atoms with Crippen LogP contribution >= 0.6 is 27.5 Å². The topological polar surface area (TPSA) is 37.4 Å². The number of likely N-dealkylation sites (N-methyl/N-ethyl adjacent to an activating group) is 1. The van der Waals surface area contributed by atoms with Crippen LogP contribution in [-0.2, 0) is 4.74 Å². The number of hydrogen-bond acceptors (Lipinski definition) is 4. The lowest BCUT2D eigenvalue weighted by Gasteiger charge is -2.30. The van der Waals surface area contributed by atoms with E-state index in [0.29, 0.717) is 10.8 Å². The van der Waals surface area contributed by atoms with Crippen LogP contribution in [0.5, 0.6) is 0 Å². The Morgan fingerprint density at radius 1 is 1.71 bits per heavy atom. The Balaban J connectivity index is 1.88. The third kappa shape index (κ3) is 3.81. The van der Waals surface area contributed by atoms with Crippen LogP contribution in [0.3, 0.4) is 0 Å². The molecule has 4 nitrogen and oxygen atoms in total. The van der Waals surface area contributed by atoms with Gasteiger partial charge in [-0.3, -0.25) is 0 Å². The van der Waals surface area contributed by atoms with Gasteiger partial charge in [-0.1, -0.05) is 11.6 Å². The summed E-state index contributed by atoms with van der Waals surface area (Å²) in [5, 5.41) is 3.83. The van der Waals surface area contributed by atoms with Gasteiger partial charge < -0.3 is 15.0 Å². The summed E-state index contributed by atoms with van der Waals surface area (Å²) in [5.74, 6) is 0.701. The highest BCUT2D eigenvalue weighted by Gasteiger charge is 2.17. The minimum atomic E-state index is 0.190. The number of hydrogen-bond donors (Lipinski definition) is 1. The van der Waals surface area contributed by atoms with Crippen molar-refractivity contribution < 1.29 is 4.74 Å². The zero-order chi connectivity index (χ0) is 12.3. The Hall–Kier alpha value is -0.360. The summed E-state index contributed by atoms with van der Waals surface area (Å²) >= 11 is 9.40. The number of anilines is 1. The van der Waals surface area contributed by atoms with E-state index in [9.17, 15) is 0 Å². The molecule has 0 saturated carbocycles. The smallest absolute Gasteiger partial charge is 0.144 e. The molecule has 1 aromatic heterocycles. The Kier molecular flexibility index (Phi) is 4.62. The molecule has 1 unspecified atom stereocenters. The Morgan fingerprint density at radius 3 is 3.24 bits per heavy atom. The van der Waals surface area contributed by atoms with E-state index in [4.69, 9.17) is 16.3 Å². The molecule has 2 rings (SSSR count). The summed E-state index contributed by atoms with van der Waals surface area (Å²) in [5.41, 5.74) is 0. The molecule has 0 amide bonds. The maximum absolute atomic E-state index is 6.07. The minimum absolute atomic E-state index is 0.190. The lowest BCUT2D eigenvalue weighted by molar-refractivity contribution is -0.0117. The summed E-state index contributed by atoms with van der Waals surface area (Å²) < 4.78 is 6.53. The third-order valence-corrected chi connectivity index (χ3v) is 3.37. The molecule has 1 aromatic rings. The van der Waals surface area contributed by atoms with E-state index >= 15 is 0 Å². The molecule has 6 heteroatoms. The van der Waals surface area contributed by atoms with Crippen molar-refractivity contribution in [2.75, 3.05) is 38.6 Å². The summed E-state index contributed by atoms with van der Waals surface area (Å²) in [4.78, 5) is 6.48. The van der Waals surface area contributed by atoms with Gasteiger partial charge in [-0.15, -0.1) is 0 Å². The maximum atomic E-state index is 6.07. The second-order valence-corrected chi connectivity index (χ2v) is 5.44. The van der Waals surface area contributed by atoms with Gasteiger partial charge >= 0.3 is 0 Å². The highest BCUT2D eigenvalue weighted by molar-refractivity contribution is 9.10. The summed E-state index contributed by atoms with van der Waals surface area (Å²) in [7, 11) is 2.10. The molecule has 1 aliphatic heterocycles. The normalized spacial score (nSPS) is 21.5. The first kappa shape index (κ1) is 13.1. The van der Waals surface area contributed by atoms with E-state index in [0.717, 1.165) is 30.7 Å². The number of morpholine rings is 1. The summed E-state index contributed by atoms with van der Waals surface area (Å²) in [6.07, 6.45) is 1.91. The fourth-order valence-corrected chi connectivity index (χ4v) is 2.44. The average Bonchev–Trinajstić information content (AvgIpc) is 2.28. The first-order valence-electron chi connectivity index (χ1n) is 5.50. The van der Waals surface area contributed by atoms with Crippen LogP contribution in [0, 0.1) is 0 Å². The van der Waals surface area contributed by atoms with Gasteiger partial charge in [-0.05, 0) is 29.0 Å². The molecule has 2 heterocycles. The van der Waals surface area contributed by atoms with E-state index in [2.05, 4.69) is 38.2 Å². The van der Waals surface area contributed by atoms with Gasteiger partial charge in [0.2, 0.25) is 0 Å². The molecule has 1 aliphatic rings. The molecule has 0 aliphatic carbocycles. The van der Waals surface area contributed by atoms with E-state index < -0.39 is 0 Å². The second kappa shape index (κ2) is 6.00. The zero-order valence-electron chi connectivity index (χ0n) is 9.62. The Bertz CT molecular complexity index is 391. The van der Waals surface area contributed by atoms with E-state index in [1.54, 1.807) is 6.20 Å². The van der Waals surface area contributed by atoms with Crippen LogP contribution < -0.4 is 5.32 Å². The van der Waals surface area contributed by atoms with Gasteiger partial charge in [-0.25, -0.2) is 4.98 Å². The second-order valence-electron chi connectivity index (χ2n) is 4.12. The molecule has 0 radical (unpaired) electrons. The molecule has 1 fully saturated rings. The molecule has 0 spiro atoms. The van der Waals surface area contributed by atoms with E-state index in [1.165, 1.54) is 0 Å². The fourth-order valence-electron chi connectivity index (χ4n) is 1.75. The molecule has 17 heavy (non-hydrogen) atoms. The number of nitrogens with zero attached hydrogens (tertiary/aromatic N) is 2. The number of halogens is 2. The number of nitrogens with one attached hydrogen (secondary N) is 1. The van der Waals surface area contributed by atoms with Gasteiger partial charge in [0.15, 0.2) is 0 Å². The predicted molar refractivity (Wildman–Crippen MR) is 72.7 cm³/mol. The molecule has 0 bridgehead atoms. The van der Waals surface area contributed by atoms with Gasteiger partial charge in [0.05, 0.1) is 17.7 Å².